The maximum absolute atomic E-state index is 2.48. The Morgan fingerprint density at radius 2 is 1.69 bits per heavy atom. The van der Waals surface area contributed by atoms with E-state index in [-0.39, 0.29) is 0 Å². The number of aryl methyl sites for hydroxylation is 2. The normalized spacial score (nSPS) is 13.7. The Morgan fingerprint density at radius 1 is 1.06 bits per heavy atom. The molecule has 0 saturated heterocycles. The van der Waals surface area contributed by atoms with Gasteiger partial charge in [-0.05, 0) is 0 Å². The van der Waals surface area contributed by atoms with Crippen LogP contribution in [0.25, 0.3) is 6.08 Å². The summed E-state index contributed by atoms with van der Waals surface area (Å²) >= 11 is 1.22. The molecule has 1 aliphatic rings. The van der Waals surface area contributed by atoms with Crippen molar-refractivity contribution in [3.8, 4) is 0 Å². The van der Waals surface area contributed by atoms with Crippen molar-refractivity contribution in [2.75, 3.05) is 0 Å². The zero-order valence-corrected chi connectivity index (χ0v) is 13.9. The molecule has 0 aliphatic heterocycles. The van der Waals surface area contributed by atoms with Crippen LogP contribution >= 0.6 is 0 Å². The van der Waals surface area contributed by atoms with Gasteiger partial charge >= 0.3 is 114 Å². The van der Waals surface area contributed by atoms with Crippen LogP contribution in [0.2, 0.25) is 0 Å². The molecule has 0 spiro atoms. The van der Waals surface area contributed by atoms with E-state index in [9.17, 15) is 0 Å². The topological polar surface area (TPSA) is 0 Å². The number of fused-ring (bicyclic) bond motifs is 1. The van der Waals surface area contributed by atoms with Gasteiger partial charge in [0.25, 0.3) is 0 Å². The molecule has 0 saturated carbocycles. The molecule has 0 bridgehead atoms. The first-order chi connectivity index (χ1) is 7.74. The third kappa shape index (κ3) is 2.56. The average Bonchev–Trinajstić information content (AvgIpc) is 2.58. The average molecular weight is 378 g/mol. The van der Waals surface area contributed by atoms with E-state index in [1.165, 1.54) is 62.0 Å². The molecule has 0 radical (unpaired) electrons. The van der Waals surface area contributed by atoms with Crippen molar-refractivity contribution < 1.29 is 24.4 Å². The Morgan fingerprint density at radius 3 is 2.31 bits per heavy atom. The molecule has 16 heavy (non-hydrogen) atoms. The van der Waals surface area contributed by atoms with Crippen molar-refractivity contribution in [1.29, 1.82) is 0 Å². The van der Waals surface area contributed by atoms with Crippen molar-refractivity contribution in [3.63, 3.8) is 0 Å². The molecule has 1 aromatic rings. The summed E-state index contributed by atoms with van der Waals surface area (Å²) in [6.07, 6.45) is 8.65. The molecule has 0 aromatic heterocycles. The van der Waals surface area contributed by atoms with Gasteiger partial charge in [-0.25, -0.2) is 0 Å². The van der Waals surface area contributed by atoms with Gasteiger partial charge in [0.15, 0.2) is 0 Å². The van der Waals surface area contributed by atoms with Gasteiger partial charge in [-0.3, -0.25) is 0 Å². The fraction of sp³-hybridized carbons (Fsp3) is 0.467. The van der Waals surface area contributed by atoms with Crippen LogP contribution in [0.4, 0.5) is 0 Å². The van der Waals surface area contributed by atoms with E-state index >= 15 is 0 Å². The number of allylic oxidation sites excluding steroid dienone is 1. The van der Waals surface area contributed by atoms with Crippen LogP contribution in [0, 0.1) is 0 Å². The summed E-state index contributed by atoms with van der Waals surface area (Å²) in [7, 11) is 0. The summed E-state index contributed by atoms with van der Waals surface area (Å²) in [4.78, 5) is 0. The molecular formula is C15H19Hf. The molecule has 0 nitrogen and oxygen atoms in total. The zero-order valence-electron chi connectivity index (χ0n) is 10.3. The summed E-state index contributed by atoms with van der Waals surface area (Å²) in [5.41, 5.74) is 6.28. The fourth-order valence-corrected chi connectivity index (χ4v) is 3.74. The van der Waals surface area contributed by atoms with Gasteiger partial charge in [-0.15, -0.1) is 0 Å². The Kier molecular flexibility index (Phi) is 4.18. The van der Waals surface area contributed by atoms with Crippen molar-refractivity contribution in [3.05, 3.63) is 37.7 Å². The van der Waals surface area contributed by atoms with E-state index in [2.05, 4.69) is 32.1 Å². The van der Waals surface area contributed by atoms with Crippen LogP contribution < -0.4 is 0 Å². The molecule has 0 heterocycles. The summed E-state index contributed by atoms with van der Waals surface area (Å²) in [5, 5.41) is 0. The van der Waals surface area contributed by atoms with E-state index < -0.39 is 0 Å². The van der Waals surface area contributed by atoms with Crippen LogP contribution in [0.3, 0.4) is 0 Å². The van der Waals surface area contributed by atoms with Crippen molar-refractivity contribution in [2.45, 2.75) is 46.0 Å². The van der Waals surface area contributed by atoms with Gasteiger partial charge in [0.2, 0.25) is 0 Å². The third-order valence-corrected chi connectivity index (χ3v) is 4.36. The molecule has 2 rings (SSSR count). The maximum atomic E-state index is 2.48. The predicted octanol–water partition coefficient (Wildman–Crippen LogP) is 4.04. The fourth-order valence-electron chi connectivity index (χ4n) is 2.49. The van der Waals surface area contributed by atoms with Crippen LogP contribution in [-0.4, -0.2) is 0 Å². The van der Waals surface area contributed by atoms with Gasteiger partial charge in [0.05, 0.1) is 0 Å². The van der Waals surface area contributed by atoms with E-state index in [1.54, 1.807) is 20.0 Å². The standard InChI is InChI=1S/C15H19.Hf/c1-3-6-12-10-14-8-5-9-15(14)11-13(12)7-4-2;/h8,10-11H,3-4,6-7,9H2,1-2H3;. The molecule has 0 N–H and O–H groups in total. The zero-order chi connectivity index (χ0) is 11.5. The number of benzene rings is 1. The van der Waals surface area contributed by atoms with Gasteiger partial charge in [-0.1, -0.05) is 0 Å². The predicted molar refractivity (Wildman–Crippen MR) is 66.1 cm³/mol. The van der Waals surface area contributed by atoms with Crippen LogP contribution in [-0.2, 0) is 43.6 Å². The number of hydrogen-bond donors (Lipinski definition) is 0. The number of hydrogen-bond acceptors (Lipinski definition) is 0. The minimum atomic E-state index is 1.22. The third-order valence-electron chi connectivity index (χ3n) is 3.21. The molecule has 83 valence electrons. The van der Waals surface area contributed by atoms with Crippen molar-refractivity contribution in [1.82, 2.24) is 0 Å². The van der Waals surface area contributed by atoms with Crippen LogP contribution in [0.15, 0.2) is 15.5 Å². The summed E-state index contributed by atoms with van der Waals surface area (Å²) in [5.74, 6) is 0. The number of rotatable bonds is 4. The molecule has 1 heteroatoms. The monoisotopic (exact) mass is 379 g/mol. The molecular weight excluding hydrogens is 359 g/mol. The quantitative estimate of drug-likeness (QED) is 0.695. The minimum absolute atomic E-state index is 1.22. The van der Waals surface area contributed by atoms with E-state index in [1.807, 2.05) is 0 Å². The second-order valence-electron chi connectivity index (χ2n) is 4.67. The van der Waals surface area contributed by atoms with Gasteiger partial charge in [-0.2, -0.15) is 0 Å². The van der Waals surface area contributed by atoms with E-state index in [0.29, 0.717) is 0 Å². The first-order valence-electron chi connectivity index (χ1n) is 6.31. The Hall–Kier alpha value is -0.170. The molecule has 0 unspecified atom stereocenters. The SMILES string of the molecule is CCCc1cc2c(cc1CCC)C[C]([Hf])=C2. The summed E-state index contributed by atoms with van der Waals surface area (Å²) < 4.78 is 1.64. The van der Waals surface area contributed by atoms with Crippen molar-refractivity contribution >= 4 is 6.08 Å². The van der Waals surface area contributed by atoms with E-state index in [4.69, 9.17) is 0 Å². The Bertz CT molecular complexity index is 416. The second-order valence-corrected chi connectivity index (χ2v) is 6.97. The molecule has 0 amide bonds. The molecule has 1 aliphatic carbocycles. The molecule has 1 aromatic carbocycles. The molecule has 0 atom stereocenters. The second kappa shape index (κ2) is 5.44. The van der Waals surface area contributed by atoms with Gasteiger partial charge in [0, 0.05) is 0 Å². The summed E-state index contributed by atoms with van der Waals surface area (Å²) in [6, 6.07) is 4.93. The van der Waals surface area contributed by atoms with Gasteiger partial charge in [0.1, 0.15) is 0 Å². The van der Waals surface area contributed by atoms with Crippen LogP contribution in [0.5, 0.6) is 0 Å². The summed E-state index contributed by atoms with van der Waals surface area (Å²) in [6.45, 7) is 4.55. The van der Waals surface area contributed by atoms with Gasteiger partial charge < -0.3 is 0 Å². The Balaban J connectivity index is 2.37. The first kappa shape index (κ1) is 12.3. The van der Waals surface area contributed by atoms with Crippen LogP contribution in [0.1, 0.15) is 48.9 Å². The molecule has 0 fully saturated rings. The van der Waals surface area contributed by atoms with Crippen molar-refractivity contribution in [2.24, 2.45) is 0 Å². The first-order valence-corrected chi connectivity index (χ1v) is 8.11. The van der Waals surface area contributed by atoms with E-state index in [0.717, 1.165) is 0 Å². The Labute approximate surface area is 114 Å².